The average molecular weight is 660 g/mol. The van der Waals surface area contributed by atoms with Crippen LogP contribution >= 0.6 is 56.5 Å². The number of amides is 4. The first-order valence-electron chi connectivity index (χ1n) is 8.66. The molecule has 11 heteroatoms. The van der Waals surface area contributed by atoms with E-state index in [0.717, 1.165) is 18.5 Å². The third kappa shape index (κ3) is 6.48. The van der Waals surface area contributed by atoms with Crippen molar-refractivity contribution in [1.82, 2.24) is 21.7 Å². The highest BCUT2D eigenvalue weighted by Crippen LogP contribution is 2.16. The van der Waals surface area contributed by atoms with Crippen LogP contribution in [0.4, 0.5) is 0 Å². The average Bonchev–Trinajstić information content (AvgIpc) is 3.27. The number of carbonyl (C=O) groups is 4. The van der Waals surface area contributed by atoms with E-state index in [1.165, 1.54) is 12.1 Å². The third-order valence-corrected chi connectivity index (χ3v) is 6.37. The summed E-state index contributed by atoms with van der Waals surface area (Å²) in [6.45, 7) is 0. The molecule has 0 aliphatic carbocycles. The van der Waals surface area contributed by atoms with Crippen molar-refractivity contribution in [3.63, 3.8) is 0 Å². The lowest BCUT2D eigenvalue weighted by Gasteiger charge is -2.07. The summed E-state index contributed by atoms with van der Waals surface area (Å²) in [6, 6.07) is 16.6. The predicted octanol–water partition coefficient (Wildman–Crippen LogP) is 3.11. The molecular formula is C20H14I2N4O4S. The van der Waals surface area contributed by atoms with Crippen molar-refractivity contribution in [2.45, 2.75) is 0 Å². The van der Waals surface area contributed by atoms with Crippen molar-refractivity contribution < 1.29 is 19.2 Å². The van der Waals surface area contributed by atoms with Crippen LogP contribution in [0.3, 0.4) is 0 Å². The number of rotatable bonds is 4. The number of hydrogen-bond acceptors (Lipinski definition) is 5. The Hall–Kier alpha value is -2.52. The molecule has 1 aromatic heterocycles. The van der Waals surface area contributed by atoms with Crippen molar-refractivity contribution in [1.29, 1.82) is 0 Å². The van der Waals surface area contributed by atoms with Gasteiger partial charge in [0.15, 0.2) is 0 Å². The molecule has 3 aromatic rings. The topological polar surface area (TPSA) is 116 Å². The maximum Gasteiger partial charge on any atom is 0.279 e. The molecule has 2 aromatic carbocycles. The number of hydrogen-bond donors (Lipinski definition) is 4. The summed E-state index contributed by atoms with van der Waals surface area (Å²) in [7, 11) is 0. The molecule has 0 fully saturated rings. The molecule has 158 valence electrons. The molecule has 0 saturated heterocycles. The Bertz CT molecular complexity index is 1040. The van der Waals surface area contributed by atoms with Gasteiger partial charge in [-0.2, -0.15) is 0 Å². The Morgan fingerprint density at radius 2 is 0.839 bits per heavy atom. The Morgan fingerprint density at radius 3 is 1.19 bits per heavy atom. The van der Waals surface area contributed by atoms with E-state index in [-0.39, 0.29) is 9.75 Å². The fraction of sp³-hybridized carbons (Fsp3) is 0. The summed E-state index contributed by atoms with van der Waals surface area (Å²) >= 11 is 5.17. The number of nitrogens with one attached hydrogen (secondary N) is 4. The number of hydrazine groups is 2. The van der Waals surface area contributed by atoms with Crippen LogP contribution in [0, 0.1) is 7.14 Å². The van der Waals surface area contributed by atoms with E-state index in [9.17, 15) is 19.2 Å². The van der Waals surface area contributed by atoms with Gasteiger partial charge in [-0.3, -0.25) is 40.9 Å². The SMILES string of the molecule is O=C(NNC(=O)c1ccc(C(=O)NNC(=O)c2ccc(I)cc2)s1)c1ccc(I)cc1. The van der Waals surface area contributed by atoms with Gasteiger partial charge in [-0.1, -0.05) is 0 Å². The van der Waals surface area contributed by atoms with Crippen LogP contribution < -0.4 is 21.7 Å². The van der Waals surface area contributed by atoms with Gasteiger partial charge in [0.05, 0.1) is 9.75 Å². The van der Waals surface area contributed by atoms with Crippen LogP contribution in [-0.4, -0.2) is 23.6 Å². The van der Waals surface area contributed by atoms with Gasteiger partial charge in [0.1, 0.15) is 0 Å². The fourth-order valence-electron chi connectivity index (χ4n) is 2.28. The zero-order valence-corrected chi connectivity index (χ0v) is 20.7. The maximum atomic E-state index is 12.2. The van der Waals surface area contributed by atoms with Gasteiger partial charge in [-0.25, -0.2) is 0 Å². The van der Waals surface area contributed by atoms with Gasteiger partial charge in [0, 0.05) is 18.3 Å². The Balaban J connectivity index is 1.51. The zero-order chi connectivity index (χ0) is 22.4. The molecular weight excluding hydrogens is 646 g/mol. The summed E-state index contributed by atoms with van der Waals surface area (Å²) in [5.41, 5.74) is 10.1. The lowest BCUT2D eigenvalue weighted by atomic mass is 10.2. The minimum absolute atomic E-state index is 0.219. The van der Waals surface area contributed by atoms with Crippen molar-refractivity contribution in [3.8, 4) is 0 Å². The van der Waals surface area contributed by atoms with Gasteiger partial charge >= 0.3 is 0 Å². The highest BCUT2D eigenvalue weighted by Gasteiger charge is 2.16. The number of benzene rings is 2. The van der Waals surface area contributed by atoms with E-state index < -0.39 is 23.6 Å². The molecule has 0 unspecified atom stereocenters. The van der Waals surface area contributed by atoms with E-state index in [1.807, 2.05) is 0 Å². The van der Waals surface area contributed by atoms with Crippen LogP contribution in [0.2, 0.25) is 0 Å². The molecule has 0 saturated carbocycles. The molecule has 0 spiro atoms. The summed E-state index contributed by atoms with van der Waals surface area (Å²) < 4.78 is 1.97. The summed E-state index contributed by atoms with van der Waals surface area (Å²) in [4.78, 5) is 49.0. The van der Waals surface area contributed by atoms with Crippen molar-refractivity contribution in [2.75, 3.05) is 0 Å². The molecule has 4 N–H and O–H groups in total. The van der Waals surface area contributed by atoms with Gasteiger partial charge in [-0.15, -0.1) is 11.3 Å². The molecule has 0 aliphatic rings. The normalized spacial score (nSPS) is 10.1. The quantitative estimate of drug-likeness (QED) is 0.255. The van der Waals surface area contributed by atoms with Gasteiger partial charge in [0.25, 0.3) is 23.6 Å². The molecule has 3 rings (SSSR count). The lowest BCUT2D eigenvalue weighted by molar-refractivity contribution is 0.0848. The van der Waals surface area contributed by atoms with Gasteiger partial charge in [0.2, 0.25) is 0 Å². The highest BCUT2D eigenvalue weighted by atomic mass is 127. The lowest BCUT2D eigenvalue weighted by Crippen LogP contribution is -2.41. The first-order chi connectivity index (χ1) is 14.8. The summed E-state index contributed by atoms with van der Waals surface area (Å²) in [5, 5.41) is 0. The van der Waals surface area contributed by atoms with E-state index in [1.54, 1.807) is 48.5 Å². The molecule has 0 atom stereocenters. The largest absolute Gasteiger partial charge is 0.279 e. The van der Waals surface area contributed by atoms with Crippen molar-refractivity contribution in [3.05, 3.63) is 88.7 Å². The number of halogens is 2. The second-order valence-electron chi connectivity index (χ2n) is 5.99. The second kappa shape index (κ2) is 10.7. The highest BCUT2D eigenvalue weighted by molar-refractivity contribution is 14.1. The van der Waals surface area contributed by atoms with E-state index in [4.69, 9.17) is 0 Å². The monoisotopic (exact) mass is 660 g/mol. The van der Waals surface area contributed by atoms with Crippen LogP contribution in [0.5, 0.6) is 0 Å². The molecule has 0 radical (unpaired) electrons. The molecule has 8 nitrogen and oxygen atoms in total. The standard InChI is InChI=1S/C20H14I2N4O4S/c21-13-5-1-11(2-6-13)17(27)23-25-19(29)15-9-10-16(31-15)20(30)26-24-18(28)12-3-7-14(22)8-4-12/h1-10H,(H,23,27)(H,24,28)(H,25,29)(H,26,30). The number of carbonyl (C=O) groups excluding carboxylic acids is 4. The Morgan fingerprint density at radius 1 is 0.516 bits per heavy atom. The van der Waals surface area contributed by atoms with Crippen molar-refractivity contribution in [2.24, 2.45) is 0 Å². The first kappa shape index (κ1) is 23.1. The minimum Gasteiger partial charge on any atom is -0.267 e. The maximum absolute atomic E-state index is 12.2. The number of thiophene rings is 1. The van der Waals surface area contributed by atoms with E-state index >= 15 is 0 Å². The van der Waals surface area contributed by atoms with Crippen LogP contribution in [0.1, 0.15) is 40.1 Å². The van der Waals surface area contributed by atoms with Crippen LogP contribution in [0.25, 0.3) is 0 Å². The van der Waals surface area contributed by atoms with Crippen LogP contribution in [-0.2, 0) is 0 Å². The summed E-state index contributed by atoms with van der Waals surface area (Å²) in [6.07, 6.45) is 0. The van der Waals surface area contributed by atoms with Gasteiger partial charge in [-0.05, 0) is 106 Å². The smallest absolute Gasteiger partial charge is 0.267 e. The fourth-order valence-corrected chi connectivity index (χ4v) is 3.79. The molecule has 4 amide bonds. The molecule has 31 heavy (non-hydrogen) atoms. The Labute approximate surface area is 208 Å². The third-order valence-electron chi connectivity index (χ3n) is 3.85. The van der Waals surface area contributed by atoms with Crippen LogP contribution in [0.15, 0.2) is 60.7 Å². The Kier molecular flexibility index (Phi) is 7.97. The molecule has 1 heterocycles. The van der Waals surface area contributed by atoms with E-state index in [2.05, 4.69) is 66.9 Å². The zero-order valence-electron chi connectivity index (χ0n) is 15.6. The summed E-state index contributed by atoms with van der Waals surface area (Å²) in [5.74, 6) is -2.05. The second-order valence-corrected chi connectivity index (χ2v) is 9.57. The van der Waals surface area contributed by atoms with E-state index in [0.29, 0.717) is 11.1 Å². The predicted molar refractivity (Wildman–Crippen MR) is 133 cm³/mol. The molecule has 0 bridgehead atoms. The molecule has 0 aliphatic heterocycles. The van der Waals surface area contributed by atoms with Crippen molar-refractivity contribution >= 4 is 80.1 Å². The first-order valence-corrected chi connectivity index (χ1v) is 11.6. The minimum atomic E-state index is -0.564. The van der Waals surface area contributed by atoms with Gasteiger partial charge < -0.3 is 0 Å².